The summed E-state index contributed by atoms with van der Waals surface area (Å²) in [5.74, 6) is 1.81. The van der Waals surface area contributed by atoms with Gasteiger partial charge < -0.3 is 0 Å². The van der Waals surface area contributed by atoms with Gasteiger partial charge in [-0.3, -0.25) is 4.99 Å². The Hall–Kier alpha value is -2.47. The molecule has 24 heavy (non-hydrogen) atoms. The number of para-hydroxylation sites is 1. The molecule has 1 N–H and O–H groups in total. The normalized spacial score (nSPS) is 19.1. The first-order valence-corrected chi connectivity index (χ1v) is 8.89. The second-order valence-electron chi connectivity index (χ2n) is 6.36. The maximum Gasteiger partial charge on any atom is 0.187 e. The lowest BCUT2D eigenvalue weighted by atomic mass is 10.1. The highest BCUT2D eigenvalue weighted by molar-refractivity contribution is 8.14. The number of anilines is 1. The van der Waals surface area contributed by atoms with Crippen LogP contribution in [0.15, 0.2) is 70.8 Å². The molecule has 0 unspecified atom stereocenters. The molecule has 6 heteroatoms. The summed E-state index contributed by atoms with van der Waals surface area (Å²) in [5.41, 5.74) is 5.13. The van der Waals surface area contributed by atoms with Crippen LogP contribution in [0.5, 0.6) is 0 Å². The van der Waals surface area contributed by atoms with Gasteiger partial charge in [0, 0.05) is 11.3 Å². The zero-order valence-electron chi connectivity index (χ0n) is 13.7. The monoisotopic (exact) mass is 337 g/mol. The fourth-order valence-corrected chi connectivity index (χ4v) is 3.80. The molecule has 0 saturated carbocycles. The van der Waals surface area contributed by atoms with Gasteiger partial charge in [0.15, 0.2) is 11.0 Å². The minimum absolute atomic E-state index is 0.0628. The van der Waals surface area contributed by atoms with Crippen LogP contribution in [0.1, 0.15) is 19.4 Å². The minimum atomic E-state index is -0.0628. The number of rotatable bonds is 2. The lowest BCUT2D eigenvalue weighted by molar-refractivity contribution is 0.516. The lowest BCUT2D eigenvalue weighted by Gasteiger charge is -2.29. The molecule has 0 spiro atoms. The summed E-state index contributed by atoms with van der Waals surface area (Å²) < 4.78 is 0. The maximum absolute atomic E-state index is 4.90. The van der Waals surface area contributed by atoms with Gasteiger partial charge >= 0.3 is 0 Å². The van der Waals surface area contributed by atoms with Gasteiger partial charge in [0.2, 0.25) is 0 Å². The predicted octanol–water partition coefficient (Wildman–Crippen LogP) is 3.47. The van der Waals surface area contributed by atoms with Gasteiger partial charge in [-0.2, -0.15) is 15.7 Å². The summed E-state index contributed by atoms with van der Waals surface area (Å²) in [6.07, 6.45) is 0. The Balaban J connectivity index is 1.76. The van der Waals surface area contributed by atoms with Crippen molar-refractivity contribution in [1.82, 2.24) is 10.5 Å². The third-order valence-electron chi connectivity index (χ3n) is 3.82. The second kappa shape index (κ2) is 5.87. The Kier molecular flexibility index (Phi) is 3.69. The second-order valence-corrected chi connectivity index (χ2v) is 7.30. The molecule has 122 valence electrons. The number of benzene rings is 2. The summed E-state index contributed by atoms with van der Waals surface area (Å²) in [6.45, 7) is 4.31. The largest absolute Gasteiger partial charge is 0.254 e. The average Bonchev–Trinajstić information content (AvgIpc) is 3.19. The number of thioether (sulfide) groups is 1. The van der Waals surface area contributed by atoms with Gasteiger partial charge in [0.1, 0.15) is 0 Å². The smallest absolute Gasteiger partial charge is 0.187 e. The van der Waals surface area contributed by atoms with Crippen molar-refractivity contribution in [3.8, 4) is 0 Å². The molecular weight excluding hydrogens is 318 g/mol. The number of nitrogens with zero attached hydrogens (tertiary/aromatic N) is 4. The third-order valence-corrected chi connectivity index (χ3v) is 5.19. The zero-order valence-corrected chi connectivity index (χ0v) is 14.5. The van der Waals surface area contributed by atoms with Crippen LogP contribution in [0.4, 0.5) is 5.69 Å². The molecule has 0 fully saturated rings. The first-order chi connectivity index (χ1) is 11.6. The van der Waals surface area contributed by atoms with Crippen LogP contribution in [-0.2, 0) is 0 Å². The van der Waals surface area contributed by atoms with Crippen molar-refractivity contribution < 1.29 is 0 Å². The molecule has 0 bridgehead atoms. The van der Waals surface area contributed by atoms with Crippen molar-refractivity contribution in [2.24, 2.45) is 10.1 Å². The van der Waals surface area contributed by atoms with Gasteiger partial charge in [-0.15, -0.1) is 5.10 Å². The molecular formula is C18H19N5S. The summed E-state index contributed by atoms with van der Waals surface area (Å²) >= 11 is 1.76. The Labute approximate surface area is 146 Å². The van der Waals surface area contributed by atoms with Crippen LogP contribution in [-0.4, -0.2) is 27.3 Å². The van der Waals surface area contributed by atoms with Crippen molar-refractivity contribution in [3.63, 3.8) is 0 Å². The molecule has 0 atom stereocenters. The van der Waals surface area contributed by atoms with Crippen molar-refractivity contribution >= 4 is 28.5 Å². The van der Waals surface area contributed by atoms with Crippen LogP contribution in [0.25, 0.3) is 0 Å². The predicted molar refractivity (Wildman–Crippen MR) is 101 cm³/mol. The van der Waals surface area contributed by atoms with Crippen LogP contribution in [0.3, 0.4) is 0 Å². The summed E-state index contributed by atoms with van der Waals surface area (Å²) in [5, 5.41) is 9.52. The van der Waals surface area contributed by atoms with E-state index in [9.17, 15) is 0 Å². The first-order valence-electron chi connectivity index (χ1n) is 7.91. The first kappa shape index (κ1) is 15.1. The highest BCUT2D eigenvalue weighted by Crippen LogP contribution is 2.32. The molecule has 2 aromatic rings. The van der Waals surface area contributed by atoms with Crippen LogP contribution in [0.2, 0.25) is 0 Å². The number of nitrogens with one attached hydrogen (secondary N) is 1. The molecule has 0 radical (unpaired) electrons. The van der Waals surface area contributed by atoms with Gasteiger partial charge in [0.05, 0.1) is 11.2 Å². The van der Waals surface area contributed by atoms with Crippen LogP contribution >= 0.6 is 11.8 Å². The molecule has 4 rings (SSSR count). The highest BCUT2D eigenvalue weighted by atomic mass is 32.2. The van der Waals surface area contributed by atoms with Crippen molar-refractivity contribution in [2.75, 3.05) is 10.9 Å². The van der Waals surface area contributed by atoms with Gasteiger partial charge in [-0.05, 0) is 26.0 Å². The highest BCUT2D eigenvalue weighted by Gasteiger charge is 2.37. The summed E-state index contributed by atoms with van der Waals surface area (Å²) in [7, 11) is 0. The van der Waals surface area contributed by atoms with E-state index in [-0.39, 0.29) is 5.54 Å². The van der Waals surface area contributed by atoms with E-state index in [1.807, 2.05) is 41.5 Å². The third kappa shape index (κ3) is 2.73. The topological polar surface area (TPSA) is 43.2 Å². The molecule has 0 aromatic heterocycles. The van der Waals surface area contributed by atoms with E-state index < -0.39 is 0 Å². The Bertz CT molecular complexity index is 786. The molecule has 2 aromatic carbocycles. The van der Waals surface area contributed by atoms with Crippen molar-refractivity contribution in [3.05, 3.63) is 66.2 Å². The Morgan fingerprint density at radius 3 is 2.29 bits per heavy atom. The molecule has 0 aliphatic carbocycles. The van der Waals surface area contributed by atoms with Gasteiger partial charge in [-0.1, -0.05) is 60.3 Å². The summed E-state index contributed by atoms with van der Waals surface area (Å²) in [4.78, 5) is 4.90. The van der Waals surface area contributed by atoms with E-state index in [1.54, 1.807) is 11.8 Å². The number of hydrogen-bond acceptors (Lipinski definition) is 6. The average molecular weight is 337 g/mol. The zero-order chi connectivity index (χ0) is 16.6. The van der Waals surface area contributed by atoms with E-state index in [4.69, 9.17) is 4.99 Å². The number of hydrazine groups is 2. The SMILES string of the molecule is CC1(C)CSC(N2C(c3ccccc3)=NNN2c2ccccc2)=N1. The number of hydrogen-bond donors (Lipinski definition) is 1. The van der Waals surface area contributed by atoms with E-state index in [0.29, 0.717) is 0 Å². The number of aliphatic imine (C=N–C) groups is 1. The fraction of sp³-hybridized carbons (Fsp3) is 0.222. The molecule has 2 heterocycles. The molecule has 0 amide bonds. The number of hydrazone groups is 1. The molecule has 2 aliphatic rings. The fourth-order valence-electron chi connectivity index (χ4n) is 2.65. The maximum atomic E-state index is 4.90. The quantitative estimate of drug-likeness (QED) is 0.911. The Morgan fingerprint density at radius 2 is 1.67 bits per heavy atom. The van der Waals surface area contributed by atoms with E-state index in [2.05, 4.69) is 53.8 Å². The molecule has 2 aliphatic heterocycles. The van der Waals surface area contributed by atoms with E-state index >= 15 is 0 Å². The van der Waals surface area contributed by atoms with Crippen LogP contribution < -0.4 is 10.7 Å². The van der Waals surface area contributed by atoms with Crippen molar-refractivity contribution in [1.29, 1.82) is 0 Å². The number of amidine groups is 2. The van der Waals surface area contributed by atoms with E-state index in [1.165, 1.54) is 0 Å². The van der Waals surface area contributed by atoms with Gasteiger partial charge in [-0.25, -0.2) is 0 Å². The molecule has 5 nitrogen and oxygen atoms in total. The standard InChI is InChI=1S/C18H19N5S/c1-18(2)13-24-17(19-18)22-16(14-9-5-3-6-10-14)20-21-23(22)15-11-7-4-8-12-15/h3-12,21H,13H2,1-2H3. The minimum Gasteiger partial charge on any atom is -0.254 e. The van der Waals surface area contributed by atoms with Gasteiger partial charge in [0.25, 0.3) is 0 Å². The summed E-state index contributed by atoms with van der Waals surface area (Å²) in [6, 6.07) is 20.3. The van der Waals surface area contributed by atoms with Crippen LogP contribution in [0, 0.1) is 0 Å². The Morgan fingerprint density at radius 1 is 1.00 bits per heavy atom. The van der Waals surface area contributed by atoms with E-state index in [0.717, 1.165) is 28.0 Å². The molecule has 0 saturated heterocycles. The lowest BCUT2D eigenvalue weighted by Crippen LogP contribution is -2.48. The van der Waals surface area contributed by atoms with Crippen molar-refractivity contribution in [2.45, 2.75) is 19.4 Å².